The molecule has 0 aliphatic rings. The van der Waals surface area contributed by atoms with Crippen molar-refractivity contribution in [2.45, 2.75) is 6.54 Å². The average molecular weight is 448 g/mol. The lowest BCUT2D eigenvalue weighted by Crippen LogP contribution is -2.06. The highest BCUT2D eigenvalue weighted by Crippen LogP contribution is 2.27. The number of benzene rings is 1. The van der Waals surface area contributed by atoms with E-state index < -0.39 is 0 Å². The van der Waals surface area contributed by atoms with E-state index in [4.69, 9.17) is 23.2 Å². The van der Waals surface area contributed by atoms with Crippen molar-refractivity contribution >= 4 is 68.9 Å². The van der Waals surface area contributed by atoms with E-state index >= 15 is 0 Å². The van der Waals surface area contributed by atoms with Crippen LogP contribution in [0.15, 0.2) is 30.5 Å². The van der Waals surface area contributed by atoms with E-state index in [1.807, 2.05) is 64.9 Å². The number of hydrogen-bond donors (Lipinski definition) is 2. The van der Waals surface area contributed by atoms with Crippen molar-refractivity contribution in [3.05, 3.63) is 46.1 Å². The van der Waals surface area contributed by atoms with Crippen LogP contribution in [0.4, 0.5) is 11.8 Å². The lowest BCUT2D eigenvalue weighted by atomic mass is 10.2. The van der Waals surface area contributed by atoms with Crippen molar-refractivity contribution in [1.29, 1.82) is 0 Å². The summed E-state index contributed by atoms with van der Waals surface area (Å²) < 4.78 is 4.91. The smallest absolute Gasteiger partial charge is 0.234 e. The van der Waals surface area contributed by atoms with Crippen LogP contribution in [-0.4, -0.2) is 14.5 Å². The van der Waals surface area contributed by atoms with Crippen LogP contribution in [0.1, 0.15) is 5.56 Å². The van der Waals surface area contributed by atoms with Crippen LogP contribution in [0.2, 0.25) is 10.0 Å². The van der Waals surface area contributed by atoms with Crippen molar-refractivity contribution < 1.29 is 0 Å². The molecule has 0 atom stereocenters. The third-order valence-electron chi connectivity index (χ3n) is 3.30. The molecule has 3 aromatic rings. The molecule has 0 amide bonds. The minimum atomic E-state index is 0.483. The van der Waals surface area contributed by atoms with Gasteiger partial charge in [0, 0.05) is 35.4 Å². The molecule has 0 aliphatic heterocycles. The van der Waals surface area contributed by atoms with Gasteiger partial charge in [-0.05, 0) is 18.2 Å². The highest BCUT2D eigenvalue weighted by molar-refractivity contribution is 14.1. The van der Waals surface area contributed by atoms with E-state index in [-0.39, 0.29) is 0 Å². The number of fused-ring (bicyclic) bond motifs is 1. The van der Waals surface area contributed by atoms with E-state index in [9.17, 15) is 0 Å². The number of halogens is 3. The number of nitrogens with zero attached hydrogens (tertiary/aromatic N) is 3. The Labute approximate surface area is 151 Å². The molecule has 2 heterocycles. The van der Waals surface area contributed by atoms with Gasteiger partial charge in [-0.3, -0.25) is 3.53 Å². The summed E-state index contributed by atoms with van der Waals surface area (Å²) >= 11 is 14.4. The second-order valence-electron chi connectivity index (χ2n) is 4.70. The van der Waals surface area contributed by atoms with Gasteiger partial charge in [0.05, 0.1) is 28.4 Å². The first-order valence-corrected chi connectivity index (χ1v) is 8.30. The fraction of sp³-hybridized carbons (Fsp3) is 0.143. The number of aromatic nitrogens is 3. The number of aryl methyl sites for hydroxylation is 1. The minimum Gasteiger partial charge on any atom is -0.364 e. The molecule has 0 unspecified atom stereocenters. The Balaban J connectivity index is 1.98. The summed E-state index contributed by atoms with van der Waals surface area (Å²) in [4.78, 5) is 8.90. The second kappa shape index (κ2) is 6.47. The molecule has 0 spiro atoms. The Bertz CT molecular complexity index is 813. The third-order valence-corrected chi connectivity index (χ3v) is 4.49. The van der Waals surface area contributed by atoms with Gasteiger partial charge in [0.15, 0.2) is 5.82 Å². The molecule has 0 fully saturated rings. The first-order valence-electron chi connectivity index (χ1n) is 6.46. The van der Waals surface area contributed by atoms with Crippen LogP contribution in [0, 0.1) is 0 Å². The maximum Gasteiger partial charge on any atom is 0.234 e. The Morgan fingerprint density at radius 2 is 1.91 bits per heavy atom. The summed E-state index contributed by atoms with van der Waals surface area (Å²) in [5, 5.41) is 4.56. The number of hydrogen-bond acceptors (Lipinski definition) is 4. The first-order chi connectivity index (χ1) is 10.6. The molecule has 5 nitrogen and oxygen atoms in total. The zero-order valence-corrected chi connectivity index (χ0v) is 15.2. The zero-order valence-electron chi connectivity index (χ0n) is 11.6. The maximum atomic E-state index is 6.21. The molecule has 0 saturated carbocycles. The van der Waals surface area contributed by atoms with Crippen molar-refractivity contribution in [2.75, 3.05) is 8.85 Å². The van der Waals surface area contributed by atoms with E-state index in [1.165, 1.54) is 0 Å². The molecular weight excluding hydrogens is 436 g/mol. The summed E-state index contributed by atoms with van der Waals surface area (Å²) in [6.07, 6.45) is 1.95. The SMILES string of the molecule is Cn1ccc2nc(NI)nc(NCc3c(Cl)cccc3Cl)c21. The molecule has 0 saturated heterocycles. The van der Waals surface area contributed by atoms with Crippen LogP contribution in [0.25, 0.3) is 11.0 Å². The molecule has 0 aliphatic carbocycles. The van der Waals surface area contributed by atoms with Crippen molar-refractivity contribution in [2.24, 2.45) is 7.05 Å². The summed E-state index contributed by atoms with van der Waals surface area (Å²) in [5.74, 6) is 1.28. The van der Waals surface area contributed by atoms with Crippen LogP contribution >= 0.6 is 46.1 Å². The summed E-state index contributed by atoms with van der Waals surface area (Å²) in [7, 11) is 1.95. The molecule has 1 aromatic carbocycles. The van der Waals surface area contributed by atoms with Crippen LogP contribution in [0.5, 0.6) is 0 Å². The fourth-order valence-electron chi connectivity index (χ4n) is 2.23. The van der Waals surface area contributed by atoms with Crippen LogP contribution in [0.3, 0.4) is 0 Å². The lowest BCUT2D eigenvalue weighted by Gasteiger charge is -2.12. The molecule has 0 radical (unpaired) electrons. The Morgan fingerprint density at radius 3 is 2.59 bits per heavy atom. The largest absolute Gasteiger partial charge is 0.364 e. The first kappa shape index (κ1) is 15.6. The van der Waals surface area contributed by atoms with Gasteiger partial charge in [0.25, 0.3) is 0 Å². The maximum absolute atomic E-state index is 6.21. The molecule has 8 heteroatoms. The monoisotopic (exact) mass is 447 g/mol. The Morgan fingerprint density at radius 1 is 1.18 bits per heavy atom. The molecule has 2 aromatic heterocycles. The van der Waals surface area contributed by atoms with Gasteiger partial charge in [-0.25, -0.2) is 4.98 Å². The van der Waals surface area contributed by atoms with Crippen molar-refractivity contribution in [3.8, 4) is 0 Å². The van der Waals surface area contributed by atoms with E-state index in [0.29, 0.717) is 22.5 Å². The molecule has 22 heavy (non-hydrogen) atoms. The summed E-state index contributed by atoms with van der Waals surface area (Å²) in [6, 6.07) is 7.41. The quantitative estimate of drug-likeness (QED) is 0.451. The van der Waals surface area contributed by atoms with Gasteiger partial charge in [-0.1, -0.05) is 29.3 Å². The van der Waals surface area contributed by atoms with Crippen LogP contribution < -0.4 is 8.85 Å². The standard InChI is InChI=1S/C14H12Cl2IN5/c1-22-6-5-11-12(22)13(20-14(19-11)21-17)18-7-8-9(15)3-2-4-10(8)16/h2-6H,7H2,1H3,(H2,18,19,20,21). The average Bonchev–Trinajstić information content (AvgIpc) is 2.88. The molecule has 114 valence electrons. The zero-order chi connectivity index (χ0) is 15.7. The predicted octanol–water partition coefficient (Wildman–Crippen LogP) is 4.65. The number of anilines is 2. The molecule has 0 bridgehead atoms. The van der Waals surface area contributed by atoms with Crippen molar-refractivity contribution in [1.82, 2.24) is 14.5 Å². The van der Waals surface area contributed by atoms with E-state index in [2.05, 4.69) is 18.8 Å². The van der Waals surface area contributed by atoms with Crippen LogP contribution in [-0.2, 0) is 13.6 Å². The molecule has 3 rings (SSSR count). The number of rotatable bonds is 4. The molecular formula is C14H12Cl2IN5. The topological polar surface area (TPSA) is 54.8 Å². The van der Waals surface area contributed by atoms with Gasteiger partial charge in [-0.15, -0.1) is 0 Å². The van der Waals surface area contributed by atoms with Crippen molar-refractivity contribution in [3.63, 3.8) is 0 Å². The minimum absolute atomic E-state index is 0.483. The van der Waals surface area contributed by atoms with E-state index in [1.54, 1.807) is 0 Å². The molecule has 2 N–H and O–H groups in total. The van der Waals surface area contributed by atoms with Gasteiger partial charge < -0.3 is 9.88 Å². The van der Waals surface area contributed by atoms with Gasteiger partial charge in [0.1, 0.15) is 5.52 Å². The third kappa shape index (κ3) is 2.95. The highest BCUT2D eigenvalue weighted by Gasteiger charge is 2.12. The predicted molar refractivity (Wildman–Crippen MR) is 99.9 cm³/mol. The van der Waals surface area contributed by atoms with Gasteiger partial charge in [0.2, 0.25) is 5.95 Å². The summed E-state index contributed by atoms with van der Waals surface area (Å²) in [5.41, 5.74) is 2.64. The van der Waals surface area contributed by atoms with Gasteiger partial charge in [-0.2, -0.15) is 4.98 Å². The summed E-state index contributed by atoms with van der Waals surface area (Å²) in [6.45, 7) is 0.483. The Hall–Kier alpha value is -1.25. The number of nitrogens with one attached hydrogen (secondary N) is 2. The van der Waals surface area contributed by atoms with Gasteiger partial charge >= 0.3 is 0 Å². The Kier molecular flexibility index (Phi) is 4.60. The lowest BCUT2D eigenvalue weighted by molar-refractivity contribution is 0.960. The second-order valence-corrected chi connectivity index (χ2v) is 6.06. The normalized spacial score (nSPS) is 10.9. The van der Waals surface area contributed by atoms with E-state index in [0.717, 1.165) is 22.4 Å². The highest BCUT2D eigenvalue weighted by atomic mass is 127. The fourth-order valence-corrected chi connectivity index (χ4v) is 3.00.